The van der Waals surface area contributed by atoms with E-state index in [1.54, 1.807) is 0 Å². The molecule has 1 heterocycles. The third-order valence-electron chi connectivity index (χ3n) is 4.34. The van der Waals surface area contributed by atoms with E-state index in [4.69, 9.17) is 5.73 Å². The number of halogens is 1. The van der Waals surface area contributed by atoms with Crippen molar-refractivity contribution in [2.45, 2.75) is 57.5 Å². The van der Waals surface area contributed by atoms with Crippen molar-refractivity contribution >= 4 is 24.2 Å². The van der Waals surface area contributed by atoms with Gasteiger partial charge in [0.25, 0.3) is 0 Å². The lowest BCUT2D eigenvalue weighted by Crippen LogP contribution is -2.49. The van der Waals surface area contributed by atoms with Gasteiger partial charge < -0.3 is 16.0 Å². The molecule has 6 heteroatoms. The first kappa shape index (κ1) is 17.2. The minimum Gasteiger partial charge on any atom is -0.352 e. The van der Waals surface area contributed by atoms with Crippen molar-refractivity contribution in [1.82, 2.24) is 10.2 Å². The molecule has 20 heavy (non-hydrogen) atoms. The summed E-state index contributed by atoms with van der Waals surface area (Å²) in [5.74, 6) is 0.545. The van der Waals surface area contributed by atoms with Crippen molar-refractivity contribution in [2.24, 2.45) is 11.7 Å². The molecule has 1 aliphatic heterocycles. The zero-order valence-corrected chi connectivity index (χ0v) is 13.0. The van der Waals surface area contributed by atoms with Crippen LogP contribution in [-0.2, 0) is 9.59 Å². The molecule has 1 unspecified atom stereocenters. The van der Waals surface area contributed by atoms with Crippen LogP contribution in [0.3, 0.4) is 0 Å². The molecule has 1 saturated heterocycles. The van der Waals surface area contributed by atoms with E-state index in [9.17, 15) is 9.59 Å². The number of amides is 2. The van der Waals surface area contributed by atoms with E-state index in [0.29, 0.717) is 18.9 Å². The molecule has 0 aromatic rings. The van der Waals surface area contributed by atoms with Gasteiger partial charge in [0.2, 0.25) is 11.8 Å². The quantitative estimate of drug-likeness (QED) is 0.818. The lowest BCUT2D eigenvalue weighted by atomic mass is 9.98. The van der Waals surface area contributed by atoms with Crippen LogP contribution >= 0.6 is 12.4 Å². The Morgan fingerprint density at radius 1 is 1.25 bits per heavy atom. The molecule has 1 aliphatic carbocycles. The third kappa shape index (κ3) is 4.63. The summed E-state index contributed by atoms with van der Waals surface area (Å²) in [4.78, 5) is 25.3. The van der Waals surface area contributed by atoms with Gasteiger partial charge >= 0.3 is 0 Å². The van der Waals surface area contributed by atoms with E-state index in [0.717, 1.165) is 38.6 Å². The van der Waals surface area contributed by atoms with Crippen molar-refractivity contribution in [3.05, 3.63) is 0 Å². The lowest BCUT2D eigenvalue weighted by Gasteiger charge is -2.34. The average molecular weight is 304 g/mol. The topological polar surface area (TPSA) is 75.4 Å². The van der Waals surface area contributed by atoms with E-state index in [-0.39, 0.29) is 36.3 Å². The number of hydrogen-bond donors (Lipinski definition) is 2. The van der Waals surface area contributed by atoms with E-state index < -0.39 is 0 Å². The van der Waals surface area contributed by atoms with Crippen molar-refractivity contribution in [2.75, 3.05) is 13.1 Å². The minimum absolute atomic E-state index is 0. The van der Waals surface area contributed by atoms with Crippen LogP contribution in [0.1, 0.15) is 45.4 Å². The number of hydrogen-bond acceptors (Lipinski definition) is 3. The summed E-state index contributed by atoms with van der Waals surface area (Å²) in [6.07, 6.45) is 5.78. The van der Waals surface area contributed by atoms with Gasteiger partial charge in [-0.05, 0) is 31.6 Å². The normalized spacial score (nSPS) is 29.7. The molecule has 0 aromatic carbocycles. The molecule has 3 atom stereocenters. The molecule has 0 radical (unpaired) electrons. The molecule has 116 valence electrons. The number of likely N-dealkylation sites (tertiary alicyclic amines) is 1. The predicted octanol–water partition coefficient (Wildman–Crippen LogP) is 1.05. The summed E-state index contributed by atoms with van der Waals surface area (Å²) in [6.45, 7) is 3.00. The fourth-order valence-corrected chi connectivity index (χ4v) is 3.28. The summed E-state index contributed by atoms with van der Waals surface area (Å²) in [7, 11) is 0. The second kappa shape index (κ2) is 7.84. The van der Waals surface area contributed by atoms with Crippen LogP contribution in [-0.4, -0.2) is 41.9 Å². The van der Waals surface area contributed by atoms with Gasteiger partial charge in [-0.3, -0.25) is 9.59 Å². The van der Waals surface area contributed by atoms with Gasteiger partial charge in [0.15, 0.2) is 0 Å². The highest BCUT2D eigenvalue weighted by atomic mass is 35.5. The molecule has 1 saturated carbocycles. The van der Waals surface area contributed by atoms with Crippen LogP contribution in [0, 0.1) is 5.92 Å². The van der Waals surface area contributed by atoms with Crippen LogP contribution in [0.5, 0.6) is 0 Å². The fourth-order valence-electron chi connectivity index (χ4n) is 3.28. The number of nitrogens with two attached hydrogens (primary N) is 1. The molecule has 5 nitrogen and oxygen atoms in total. The number of piperidine rings is 1. The van der Waals surface area contributed by atoms with Gasteiger partial charge in [-0.25, -0.2) is 0 Å². The smallest absolute Gasteiger partial charge is 0.222 e. The molecule has 2 aliphatic rings. The number of carbonyl (C=O) groups excluding carboxylic acids is 2. The minimum atomic E-state index is -0.0166. The van der Waals surface area contributed by atoms with Gasteiger partial charge in [-0.1, -0.05) is 6.42 Å². The highest BCUT2D eigenvalue weighted by Crippen LogP contribution is 2.27. The Bertz CT molecular complexity index is 351. The second-order valence-electron chi connectivity index (χ2n) is 5.94. The highest BCUT2D eigenvalue weighted by Gasteiger charge is 2.30. The lowest BCUT2D eigenvalue weighted by molar-refractivity contribution is -0.134. The van der Waals surface area contributed by atoms with Gasteiger partial charge in [0.05, 0.1) is 0 Å². The summed E-state index contributed by atoms with van der Waals surface area (Å²) in [5, 5.41) is 2.91. The Labute approximate surface area is 127 Å². The number of carbonyl (C=O) groups is 2. The maximum atomic E-state index is 12.3. The summed E-state index contributed by atoms with van der Waals surface area (Å²) < 4.78 is 0. The maximum Gasteiger partial charge on any atom is 0.222 e. The van der Waals surface area contributed by atoms with Crippen molar-refractivity contribution in [3.8, 4) is 0 Å². The molecule has 0 bridgehead atoms. The van der Waals surface area contributed by atoms with Crippen LogP contribution in [0.2, 0.25) is 0 Å². The molecule has 2 fully saturated rings. The van der Waals surface area contributed by atoms with E-state index >= 15 is 0 Å². The van der Waals surface area contributed by atoms with Crippen molar-refractivity contribution in [3.63, 3.8) is 0 Å². The standard InChI is InChI=1S/C14H25N3O2.ClH/c1-10(18)16-12-5-3-7-17(9-12)14(19)8-11-4-2-6-13(11)15;/h11-13H,2-9,15H2,1H3,(H,16,18);1H/t11-,12?,13+;/m0./s1. The Hall–Kier alpha value is -0.810. The summed E-state index contributed by atoms with van der Waals surface area (Å²) >= 11 is 0. The molecular formula is C14H26ClN3O2. The predicted molar refractivity (Wildman–Crippen MR) is 80.6 cm³/mol. The van der Waals surface area contributed by atoms with Crippen LogP contribution < -0.4 is 11.1 Å². The van der Waals surface area contributed by atoms with E-state index in [2.05, 4.69) is 5.32 Å². The van der Waals surface area contributed by atoms with Crippen molar-refractivity contribution < 1.29 is 9.59 Å². The first-order chi connectivity index (χ1) is 9.06. The number of nitrogens with zero attached hydrogens (tertiary/aromatic N) is 1. The van der Waals surface area contributed by atoms with Crippen LogP contribution in [0.25, 0.3) is 0 Å². The number of rotatable bonds is 3. The summed E-state index contributed by atoms with van der Waals surface area (Å²) in [6, 6.07) is 0.312. The molecule has 2 rings (SSSR count). The third-order valence-corrected chi connectivity index (χ3v) is 4.34. The van der Waals surface area contributed by atoms with Gasteiger partial charge in [0.1, 0.15) is 0 Å². The molecule has 0 aromatic heterocycles. The zero-order valence-electron chi connectivity index (χ0n) is 12.1. The molecule has 3 N–H and O–H groups in total. The van der Waals surface area contributed by atoms with Gasteiger partial charge in [-0.15, -0.1) is 12.4 Å². The molecule has 0 spiro atoms. The Kier molecular flexibility index (Phi) is 6.76. The first-order valence-corrected chi connectivity index (χ1v) is 7.36. The van der Waals surface area contributed by atoms with Gasteiger partial charge in [0, 0.05) is 38.5 Å². The van der Waals surface area contributed by atoms with Crippen LogP contribution in [0.15, 0.2) is 0 Å². The van der Waals surface area contributed by atoms with Gasteiger partial charge in [-0.2, -0.15) is 0 Å². The summed E-state index contributed by atoms with van der Waals surface area (Å²) in [5.41, 5.74) is 6.02. The maximum absolute atomic E-state index is 12.3. The first-order valence-electron chi connectivity index (χ1n) is 7.36. The highest BCUT2D eigenvalue weighted by molar-refractivity contribution is 5.85. The largest absolute Gasteiger partial charge is 0.352 e. The Morgan fingerprint density at radius 2 is 2.00 bits per heavy atom. The molecular weight excluding hydrogens is 278 g/mol. The Morgan fingerprint density at radius 3 is 2.60 bits per heavy atom. The Balaban J connectivity index is 0.00000200. The van der Waals surface area contributed by atoms with E-state index in [1.165, 1.54) is 6.92 Å². The number of nitrogens with one attached hydrogen (secondary N) is 1. The molecule has 2 amide bonds. The second-order valence-corrected chi connectivity index (χ2v) is 5.94. The van der Waals surface area contributed by atoms with Crippen LogP contribution in [0.4, 0.5) is 0 Å². The SMILES string of the molecule is CC(=O)NC1CCCN(C(=O)C[C@@H]2CCC[C@H]2N)C1.Cl. The van der Waals surface area contributed by atoms with Crippen molar-refractivity contribution in [1.29, 1.82) is 0 Å². The van der Waals surface area contributed by atoms with E-state index in [1.807, 2.05) is 4.90 Å². The zero-order chi connectivity index (χ0) is 13.8. The fraction of sp³-hybridized carbons (Fsp3) is 0.857. The average Bonchev–Trinajstić information content (AvgIpc) is 2.74. The monoisotopic (exact) mass is 303 g/mol.